The van der Waals surface area contributed by atoms with Gasteiger partial charge in [0.25, 0.3) is 5.91 Å². The second-order valence-electron chi connectivity index (χ2n) is 5.73. The molecule has 1 aromatic carbocycles. The second kappa shape index (κ2) is 5.48. The number of hydrogen-bond donors (Lipinski definition) is 1. The zero-order valence-corrected chi connectivity index (χ0v) is 12.0. The summed E-state index contributed by atoms with van der Waals surface area (Å²) < 4.78 is 5.36. The molecule has 1 heterocycles. The van der Waals surface area contributed by atoms with Gasteiger partial charge in [-0.15, -0.1) is 0 Å². The molecule has 1 amide bonds. The van der Waals surface area contributed by atoms with E-state index in [1.165, 1.54) is 11.1 Å². The average Bonchev–Trinajstić information content (AvgIpc) is 3.12. The van der Waals surface area contributed by atoms with Crippen LogP contribution in [0.15, 0.2) is 24.3 Å². The molecule has 1 aliphatic carbocycles. The third-order valence-corrected chi connectivity index (χ3v) is 4.49. The van der Waals surface area contributed by atoms with Gasteiger partial charge in [-0.05, 0) is 36.8 Å². The topological polar surface area (TPSA) is 66.8 Å². The van der Waals surface area contributed by atoms with Crippen LogP contribution in [-0.4, -0.2) is 41.1 Å². The largest absolute Gasteiger partial charge is 0.479 e. The highest BCUT2D eigenvalue weighted by Gasteiger charge is 2.38. The van der Waals surface area contributed by atoms with Crippen molar-refractivity contribution in [3.63, 3.8) is 0 Å². The molecule has 3 unspecified atom stereocenters. The molecule has 1 fully saturated rings. The van der Waals surface area contributed by atoms with Gasteiger partial charge in [-0.25, -0.2) is 4.79 Å². The Morgan fingerprint density at radius 2 is 1.90 bits per heavy atom. The first-order valence-corrected chi connectivity index (χ1v) is 7.30. The number of hydrogen-bond acceptors (Lipinski definition) is 3. The van der Waals surface area contributed by atoms with Crippen LogP contribution in [0.4, 0.5) is 0 Å². The highest BCUT2D eigenvalue weighted by molar-refractivity contribution is 5.83. The fraction of sp³-hybridized carbons (Fsp3) is 0.500. The van der Waals surface area contributed by atoms with E-state index < -0.39 is 18.2 Å². The summed E-state index contributed by atoms with van der Waals surface area (Å²) in [5, 5.41) is 8.94. The number of likely N-dealkylation sites (N-methyl/N-ethyl adjacent to an activating group) is 1. The van der Waals surface area contributed by atoms with E-state index >= 15 is 0 Å². The molecule has 0 spiro atoms. The van der Waals surface area contributed by atoms with E-state index in [0.29, 0.717) is 12.8 Å². The molecule has 3 rings (SSSR count). The summed E-state index contributed by atoms with van der Waals surface area (Å²) in [6.45, 7) is 0. The van der Waals surface area contributed by atoms with E-state index in [1.807, 2.05) is 12.1 Å². The van der Waals surface area contributed by atoms with Crippen molar-refractivity contribution in [3.05, 3.63) is 35.4 Å². The van der Waals surface area contributed by atoms with Crippen molar-refractivity contribution in [2.45, 2.75) is 43.9 Å². The van der Waals surface area contributed by atoms with Crippen LogP contribution in [0.2, 0.25) is 0 Å². The van der Waals surface area contributed by atoms with Gasteiger partial charge in [0.05, 0.1) is 6.04 Å². The minimum Gasteiger partial charge on any atom is -0.479 e. The molecule has 112 valence electrons. The molecule has 0 radical (unpaired) electrons. The van der Waals surface area contributed by atoms with Gasteiger partial charge in [0.1, 0.15) is 6.10 Å². The van der Waals surface area contributed by atoms with E-state index in [1.54, 1.807) is 11.9 Å². The standard InChI is InChI=1S/C16H19NO4/c1-17(12-7-6-10-4-2-3-5-11(10)12)15(18)13-8-9-14(21-13)16(19)20/h2-5,12-14H,6-9H2,1H3,(H,19,20). The van der Waals surface area contributed by atoms with Gasteiger partial charge in [-0.2, -0.15) is 0 Å². The first-order valence-electron chi connectivity index (χ1n) is 7.30. The summed E-state index contributed by atoms with van der Waals surface area (Å²) in [6.07, 6.45) is 1.31. The van der Waals surface area contributed by atoms with Gasteiger partial charge in [0, 0.05) is 7.05 Å². The van der Waals surface area contributed by atoms with Crippen LogP contribution in [-0.2, 0) is 20.7 Å². The summed E-state index contributed by atoms with van der Waals surface area (Å²) in [5.41, 5.74) is 2.49. The Labute approximate surface area is 123 Å². The molecule has 5 nitrogen and oxygen atoms in total. The Morgan fingerprint density at radius 3 is 2.62 bits per heavy atom. The van der Waals surface area contributed by atoms with E-state index in [4.69, 9.17) is 9.84 Å². The van der Waals surface area contributed by atoms with Gasteiger partial charge in [0.15, 0.2) is 6.10 Å². The molecule has 3 atom stereocenters. The fourth-order valence-electron chi connectivity index (χ4n) is 3.32. The molecule has 0 saturated carbocycles. The maximum absolute atomic E-state index is 12.5. The quantitative estimate of drug-likeness (QED) is 0.921. The van der Waals surface area contributed by atoms with Crippen molar-refractivity contribution < 1.29 is 19.4 Å². The number of nitrogens with zero attached hydrogens (tertiary/aromatic N) is 1. The number of carbonyl (C=O) groups excluding carboxylic acids is 1. The van der Waals surface area contributed by atoms with E-state index in [2.05, 4.69) is 12.1 Å². The van der Waals surface area contributed by atoms with Crippen LogP contribution < -0.4 is 0 Å². The molecular formula is C16H19NO4. The maximum Gasteiger partial charge on any atom is 0.332 e. The summed E-state index contributed by atoms with van der Waals surface area (Å²) in [6, 6.07) is 8.23. The SMILES string of the molecule is CN(C(=O)C1CCC(C(=O)O)O1)C1CCc2ccccc21. The van der Waals surface area contributed by atoms with Crippen molar-refractivity contribution in [3.8, 4) is 0 Å². The predicted octanol–water partition coefficient (Wildman–Crippen LogP) is 1.76. The molecule has 1 aliphatic heterocycles. The minimum absolute atomic E-state index is 0.0705. The minimum atomic E-state index is -0.987. The normalized spacial score (nSPS) is 27.4. The van der Waals surface area contributed by atoms with Crippen molar-refractivity contribution in [2.75, 3.05) is 7.05 Å². The fourth-order valence-corrected chi connectivity index (χ4v) is 3.32. The lowest BCUT2D eigenvalue weighted by molar-refractivity contribution is -0.155. The van der Waals surface area contributed by atoms with E-state index in [9.17, 15) is 9.59 Å². The average molecular weight is 289 g/mol. The van der Waals surface area contributed by atoms with Gasteiger partial charge in [0.2, 0.25) is 0 Å². The van der Waals surface area contributed by atoms with E-state index in [0.717, 1.165) is 12.8 Å². The molecule has 1 N–H and O–H groups in total. The molecule has 21 heavy (non-hydrogen) atoms. The van der Waals surface area contributed by atoms with Crippen LogP contribution in [0.1, 0.15) is 36.4 Å². The second-order valence-corrected chi connectivity index (χ2v) is 5.73. The molecule has 0 bridgehead atoms. The number of amides is 1. The van der Waals surface area contributed by atoms with Gasteiger partial charge in [-0.3, -0.25) is 4.79 Å². The number of aliphatic carboxylic acids is 1. The third kappa shape index (κ3) is 2.53. The first kappa shape index (κ1) is 14.1. The number of rotatable bonds is 3. The number of carbonyl (C=O) groups is 2. The maximum atomic E-state index is 12.5. The molecule has 1 aromatic rings. The van der Waals surface area contributed by atoms with E-state index in [-0.39, 0.29) is 11.9 Å². The highest BCUT2D eigenvalue weighted by atomic mass is 16.5. The van der Waals surface area contributed by atoms with Crippen LogP contribution >= 0.6 is 0 Å². The summed E-state index contributed by atoms with van der Waals surface area (Å²) >= 11 is 0. The first-order chi connectivity index (χ1) is 10.1. The van der Waals surface area contributed by atoms with Crippen LogP contribution in [0.25, 0.3) is 0 Å². The van der Waals surface area contributed by atoms with Gasteiger partial charge < -0.3 is 14.7 Å². The van der Waals surface area contributed by atoms with Gasteiger partial charge in [-0.1, -0.05) is 24.3 Å². The van der Waals surface area contributed by atoms with Crippen molar-refractivity contribution >= 4 is 11.9 Å². The Bertz CT molecular complexity index is 571. The highest BCUT2D eigenvalue weighted by Crippen LogP contribution is 2.36. The number of fused-ring (bicyclic) bond motifs is 1. The lowest BCUT2D eigenvalue weighted by atomic mass is 10.1. The Balaban J connectivity index is 1.70. The molecule has 1 saturated heterocycles. The lowest BCUT2D eigenvalue weighted by Gasteiger charge is -2.27. The molecule has 2 aliphatic rings. The van der Waals surface area contributed by atoms with Crippen LogP contribution in [0, 0.1) is 0 Å². The lowest BCUT2D eigenvalue weighted by Crippen LogP contribution is -2.38. The number of carboxylic acids is 1. The van der Waals surface area contributed by atoms with Crippen molar-refractivity contribution in [1.82, 2.24) is 4.90 Å². The number of aryl methyl sites for hydroxylation is 1. The Kier molecular flexibility index (Phi) is 3.68. The smallest absolute Gasteiger partial charge is 0.332 e. The third-order valence-electron chi connectivity index (χ3n) is 4.49. The van der Waals surface area contributed by atoms with Crippen molar-refractivity contribution in [2.24, 2.45) is 0 Å². The Morgan fingerprint density at radius 1 is 1.19 bits per heavy atom. The molecule has 0 aromatic heterocycles. The molecular weight excluding hydrogens is 270 g/mol. The summed E-state index contributed by atoms with van der Waals surface area (Å²) in [7, 11) is 1.78. The predicted molar refractivity (Wildman–Crippen MR) is 75.8 cm³/mol. The Hall–Kier alpha value is -1.88. The number of carboxylic acid groups (broad SMARTS) is 1. The zero-order valence-electron chi connectivity index (χ0n) is 12.0. The number of ether oxygens (including phenoxy) is 1. The number of benzene rings is 1. The van der Waals surface area contributed by atoms with Gasteiger partial charge >= 0.3 is 5.97 Å². The zero-order chi connectivity index (χ0) is 15.0. The van der Waals surface area contributed by atoms with Crippen LogP contribution in [0.3, 0.4) is 0 Å². The monoisotopic (exact) mass is 289 g/mol. The van der Waals surface area contributed by atoms with Crippen LogP contribution in [0.5, 0.6) is 0 Å². The summed E-state index contributed by atoms with van der Waals surface area (Å²) in [5.74, 6) is -1.10. The van der Waals surface area contributed by atoms with Crippen molar-refractivity contribution in [1.29, 1.82) is 0 Å². The molecule has 5 heteroatoms. The summed E-state index contributed by atoms with van der Waals surface area (Å²) in [4.78, 5) is 25.2.